The molecule has 3 aromatic heterocycles. The predicted molar refractivity (Wildman–Crippen MR) is 124 cm³/mol. The summed E-state index contributed by atoms with van der Waals surface area (Å²) >= 11 is 0. The molecule has 0 unspecified atom stereocenters. The van der Waals surface area contributed by atoms with Crippen molar-refractivity contribution in [1.82, 2.24) is 19.5 Å². The van der Waals surface area contributed by atoms with E-state index in [0.717, 1.165) is 11.1 Å². The lowest BCUT2D eigenvalue weighted by atomic mass is 10.2. The molecule has 3 heterocycles. The van der Waals surface area contributed by atoms with Crippen LogP contribution in [-0.4, -0.2) is 32.5 Å². The lowest BCUT2D eigenvalue weighted by Gasteiger charge is -2.10. The first-order chi connectivity index (χ1) is 16.1. The fourth-order valence-electron chi connectivity index (χ4n) is 3.43. The summed E-state index contributed by atoms with van der Waals surface area (Å²) in [5.74, 6) is 2.45. The second kappa shape index (κ2) is 8.46. The van der Waals surface area contributed by atoms with Gasteiger partial charge in [0.1, 0.15) is 23.8 Å². The Hall–Kier alpha value is -4.66. The van der Waals surface area contributed by atoms with Crippen molar-refractivity contribution >= 4 is 34.1 Å². The van der Waals surface area contributed by atoms with E-state index >= 15 is 0 Å². The van der Waals surface area contributed by atoms with E-state index in [1.165, 1.54) is 0 Å². The zero-order valence-corrected chi connectivity index (χ0v) is 17.9. The molecular weight excluding hydrogens is 420 g/mol. The molecule has 33 heavy (non-hydrogen) atoms. The van der Waals surface area contributed by atoms with E-state index in [4.69, 9.17) is 9.15 Å². The van der Waals surface area contributed by atoms with E-state index in [1.54, 1.807) is 43.9 Å². The summed E-state index contributed by atoms with van der Waals surface area (Å²) in [6.07, 6.45) is 5.20. The number of fused-ring (bicyclic) bond motifs is 1. The number of para-hydroxylation sites is 1. The Morgan fingerprint density at radius 2 is 1.88 bits per heavy atom. The number of anilines is 3. The molecule has 5 aromatic rings. The van der Waals surface area contributed by atoms with Crippen molar-refractivity contribution in [1.29, 1.82) is 0 Å². The lowest BCUT2D eigenvalue weighted by molar-refractivity contribution is 0.0998. The summed E-state index contributed by atoms with van der Waals surface area (Å²) in [4.78, 5) is 25.6. The SMILES string of the molecule is COc1cccc2cc(C(=O)Nc3ccc(Nc4cc(-n5ccnc5)nc(C)n4)cc3)oc12. The molecule has 1 amide bonds. The van der Waals surface area contributed by atoms with Gasteiger partial charge in [0, 0.05) is 35.2 Å². The average Bonchev–Trinajstić information content (AvgIpc) is 3.50. The summed E-state index contributed by atoms with van der Waals surface area (Å²) in [6, 6.07) is 16.3. The van der Waals surface area contributed by atoms with E-state index in [0.29, 0.717) is 34.5 Å². The summed E-state index contributed by atoms with van der Waals surface area (Å²) in [5.41, 5.74) is 1.99. The minimum absolute atomic E-state index is 0.209. The van der Waals surface area contributed by atoms with E-state index in [1.807, 2.05) is 48.0 Å². The molecule has 0 bridgehead atoms. The van der Waals surface area contributed by atoms with Crippen molar-refractivity contribution in [2.45, 2.75) is 6.92 Å². The Balaban J connectivity index is 1.30. The molecule has 2 N–H and O–H groups in total. The number of carbonyl (C=O) groups excluding carboxylic acids is 1. The van der Waals surface area contributed by atoms with Gasteiger partial charge in [-0.3, -0.25) is 9.36 Å². The van der Waals surface area contributed by atoms with Crippen LogP contribution in [0.1, 0.15) is 16.4 Å². The van der Waals surface area contributed by atoms with Crippen molar-refractivity contribution in [3.63, 3.8) is 0 Å². The second-order valence-electron chi connectivity index (χ2n) is 7.27. The molecule has 2 aromatic carbocycles. The first-order valence-electron chi connectivity index (χ1n) is 10.2. The molecule has 0 saturated heterocycles. The van der Waals surface area contributed by atoms with E-state index in [2.05, 4.69) is 25.6 Å². The number of aromatic nitrogens is 4. The van der Waals surface area contributed by atoms with Crippen LogP contribution in [0.25, 0.3) is 16.8 Å². The Bertz CT molecular complexity index is 1420. The molecule has 0 saturated carbocycles. The highest BCUT2D eigenvalue weighted by atomic mass is 16.5. The molecule has 0 atom stereocenters. The fourth-order valence-corrected chi connectivity index (χ4v) is 3.43. The van der Waals surface area contributed by atoms with Crippen LogP contribution in [0.2, 0.25) is 0 Å². The maximum absolute atomic E-state index is 12.7. The summed E-state index contributed by atoms with van der Waals surface area (Å²) in [6.45, 7) is 1.83. The molecule has 164 valence electrons. The number of rotatable bonds is 6. The third-order valence-corrected chi connectivity index (χ3v) is 4.96. The number of nitrogens with one attached hydrogen (secondary N) is 2. The molecule has 0 aliphatic carbocycles. The molecule has 0 aliphatic heterocycles. The Labute approximate surface area is 189 Å². The van der Waals surface area contributed by atoms with Crippen LogP contribution in [0.4, 0.5) is 17.2 Å². The Kier molecular flexibility index (Phi) is 5.19. The molecule has 9 nitrogen and oxygen atoms in total. The zero-order chi connectivity index (χ0) is 22.8. The number of benzene rings is 2. The number of hydrogen-bond donors (Lipinski definition) is 2. The summed E-state index contributed by atoms with van der Waals surface area (Å²) in [7, 11) is 1.56. The smallest absolute Gasteiger partial charge is 0.291 e. The number of amides is 1. The highest BCUT2D eigenvalue weighted by Gasteiger charge is 2.15. The maximum Gasteiger partial charge on any atom is 0.291 e. The molecule has 5 rings (SSSR count). The molecule has 0 radical (unpaired) electrons. The minimum Gasteiger partial charge on any atom is -0.493 e. The number of furan rings is 1. The average molecular weight is 440 g/mol. The standard InChI is InChI=1S/C24H20N6O3/c1-15-26-21(13-22(27-15)30-11-10-25-14-30)28-17-6-8-18(9-7-17)29-24(31)20-12-16-4-3-5-19(32-2)23(16)33-20/h3-14H,1-2H3,(H,29,31)(H,26,27,28). The van der Waals surface area contributed by atoms with Crippen molar-refractivity contribution in [3.05, 3.63) is 84.9 Å². The molecule has 0 spiro atoms. The quantitative estimate of drug-likeness (QED) is 0.393. The normalized spacial score (nSPS) is 10.8. The highest BCUT2D eigenvalue weighted by molar-refractivity contribution is 6.05. The molecule has 0 aliphatic rings. The van der Waals surface area contributed by atoms with Gasteiger partial charge in [-0.25, -0.2) is 15.0 Å². The Morgan fingerprint density at radius 3 is 2.64 bits per heavy atom. The third-order valence-electron chi connectivity index (χ3n) is 4.96. The largest absolute Gasteiger partial charge is 0.493 e. The van der Waals surface area contributed by atoms with Gasteiger partial charge >= 0.3 is 0 Å². The van der Waals surface area contributed by atoms with Gasteiger partial charge in [-0.1, -0.05) is 12.1 Å². The number of imidazole rings is 1. The van der Waals surface area contributed by atoms with Crippen LogP contribution in [0.15, 0.2) is 77.7 Å². The number of hydrogen-bond acceptors (Lipinski definition) is 7. The van der Waals surface area contributed by atoms with Gasteiger partial charge in [-0.15, -0.1) is 0 Å². The number of methoxy groups -OCH3 is 1. The monoisotopic (exact) mass is 440 g/mol. The van der Waals surface area contributed by atoms with Gasteiger partial charge in [0.2, 0.25) is 0 Å². The van der Waals surface area contributed by atoms with Crippen LogP contribution < -0.4 is 15.4 Å². The highest BCUT2D eigenvalue weighted by Crippen LogP contribution is 2.29. The van der Waals surface area contributed by atoms with Gasteiger partial charge < -0.3 is 19.8 Å². The van der Waals surface area contributed by atoms with Crippen molar-refractivity contribution in [2.75, 3.05) is 17.7 Å². The third kappa shape index (κ3) is 4.24. The van der Waals surface area contributed by atoms with Crippen LogP contribution in [0.3, 0.4) is 0 Å². The van der Waals surface area contributed by atoms with Crippen molar-refractivity contribution < 1.29 is 13.9 Å². The topological polar surface area (TPSA) is 107 Å². The molecule has 9 heteroatoms. The minimum atomic E-state index is -0.342. The summed E-state index contributed by atoms with van der Waals surface area (Å²) in [5, 5.41) is 6.91. The first kappa shape index (κ1) is 20.3. The van der Waals surface area contributed by atoms with E-state index in [9.17, 15) is 4.79 Å². The Morgan fingerprint density at radius 1 is 1.06 bits per heavy atom. The van der Waals surface area contributed by atoms with Crippen LogP contribution in [-0.2, 0) is 0 Å². The lowest BCUT2D eigenvalue weighted by Crippen LogP contribution is -2.10. The van der Waals surface area contributed by atoms with E-state index in [-0.39, 0.29) is 11.7 Å². The van der Waals surface area contributed by atoms with Gasteiger partial charge in [0.15, 0.2) is 17.1 Å². The zero-order valence-electron chi connectivity index (χ0n) is 17.9. The first-order valence-corrected chi connectivity index (χ1v) is 10.2. The van der Waals surface area contributed by atoms with Gasteiger partial charge in [-0.2, -0.15) is 0 Å². The van der Waals surface area contributed by atoms with E-state index < -0.39 is 0 Å². The van der Waals surface area contributed by atoms with Crippen molar-refractivity contribution in [3.8, 4) is 11.6 Å². The number of aryl methyl sites for hydroxylation is 1. The van der Waals surface area contributed by atoms with Crippen molar-refractivity contribution in [2.24, 2.45) is 0 Å². The second-order valence-corrected chi connectivity index (χ2v) is 7.27. The maximum atomic E-state index is 12.7. The number of carbonyl (C=O) groups is 1. The van der Waals surface area contributed by atoms with Crippen LogP contribution in [0.5, 0.6) is 5.75 Å². The van der Waals surface area contributed by atoms with Crippen LogP contribution >= 0.6 is 0 Å². The van der Waals surface area contributed by atoms with Gasteiger partial charge in [0.05, 0.1) is 7.11 Å². The van der Waals surface area contributed by atoms with Gasteiger partial charge in [-0.05, 0) is 43.3 Å². The molecular formula is C24H20N6O3. The van der Waals surface area contributed by atoms with Crippen LogP contribution in [0, 0.1) is 6.92 Å². The summed E-state index contributed by atoms with van der Waals surface area (Å²) < 4.78 is 12.8. The number of ether oxygens (including phenoxy) is 1. The number of nitrogens with zero attached hydrogens (tertiary/aromatic N) is 4. The molecule has 0 fully saturated rings. The van der Waals surface area contributed by atoms with Gasteiger partial charge in [0.25, 0.3) is 5.91 Å². The predicted octanol–water partition coefficient (Wildman–Crippen LogP) is 4.72. The fraction of sp³-hybridized carbons (Fsp3) is 0.0833.